The minimum Gasteiger partial charge on any atom is -0.490 e. The predicted molar refractivity (Wildman–Crippen MR) is 205 cm³/mol. The molecule has 12 nitrogen and oxygen atoms in total. The number of unbranched alkanes of at least 4 members (excludes halogenated alkanes) is 4. The van der Waals surface area contributed by atoms with E-state index in [1.807, 2.05) is 48.5 Å². The Bertz CT molecular complexity index is 1400. The number of carbonyl (C=O) groups excluding carboxylic acids is 5. The Morgan fingerprint density at radius 1 is 0.611 bits per heavy atom. The number of amides is 1. The van der Waals surface area contributed by atoms with Crippen molar-refractivity contribution in [2.24, 2.45) is 0 Å². The Hall–Kier alpha value is -4.87. The Labute approximate surface area is 320 Å². The standard InChI is InChI=1S/C42H59NO11/c1-29(2)38(46)51-28-36(26-50-34-22-18-32(19-23-34)42(7,8)9)54-40(48)43-24-14-12-10-11-13-15-37(45)53-35(27-52-39(47)30(3)44)25-49-33-20-16-31(17-21-33)41(4,5)6/h16-23,35-36H,1,10-15,24-28H2,2-9H3,(H,43,48). The van der Waals surface area contributed by atoms with Crippen molar-refractivity contribution >= 4 is 29.8 Å². The van der Waals surface area contributed by atoms with Gasteiger partial charge in [-0.05, 0) is 66.0 Å². The van der Waals surface area contributed by atoms with E-state index in [-0.39, 0.29) is 49.3 Å². The average molecular weight is 754 g/mol. The van der Waals surface area contributed by atoms with E-state index in [1.165, 1.54) is 6.92 Å². The largest absolute Gasteiger partial charge is 0.490 e. The molecule has 2 atom stereocenters. The van der Waals surface area contributed by atoms with Crippen molar-refractivity contribution in [3.8, 4) is 11.5 Å². The quantitative estimate of drug-likeness (QED) is 0.0423. The maximum absolute atomic E-state index is 12.6. The molecule has 0 spiro atoms. The van der Waals surface area contributed by atoms with Gasteiger partial charge in [-0.3, -0.25) is 9.59 Å². The van der Waals surface area contributed by atoms with E-state index in [1.54, 1.807) is 0 Å². The van der Waals surface area contributed by atoms with Crippen LogP contribution in [0.3, 0.4) is 0 Å². The Balaban J connectivity index is 1.73. The second-order valence-electron chi connectivity index (χ2n) is 15.3. The summed E-state index contributed by atoms with van der Waals surface area (Å²) in [5.74, 6) is -1.65. The molecular weight excluding hydrogens is 694 g/mol. The van der Waals surface area contributed by atoms with Crippen molar-refractivity contribution in [1.29, 1.82) is 0 Å². The van der Waals surface area contributed by atoms with Crippen LogP contribution >= 0.6 is 0 Å². The molecule has 0 bridgehead atoms. The molecule has 0 radical (unpaired) electrons. The SMILES string of the molecule is C=C(C)C(=O)OCC(COc1ccc(C(C)(C)C)cc1)OC(=O)NCCCCCCCC(=O)OC(COC(=O)C(C)=O)COc1ccc(C(C)(C)C)cc1. The van der Waals surface area contributed by atoms with Gasteiger partial charge in [-0.1, -0.05) is 91.6 Å². The summed E-state index contributed by atoms with van der Waals surface area (Å²) in [4.78, 5) is 60.1. The lowest BCUT2D eigenvalue weighted by Crippen LogP contribution is -2.36. The van der Waals surface area contributed by atoms with Gasteiger partial charge in [-0.25, -0.2) is 14.4 Å². The van der Waals surface area contributed by atoms with Gasteiger partial charge in [0.2, 0.25) is 5.78 Å². The van der Waals surface area contributed by atoms with Crippen LogP contribution in [0.1, 0.15) is 105 Å². The average Bonchev–Trinajstić information content (AvgIpc) is 3.10. The third-order valence-electron chi connectivity index (χ3n) is 8.15. The van der Waals surface area contributed by atoms with Gasteiger partial charge in [0.25, 0.3) is 0 Å². The fraction of sp³-hybridized carbons (Fsp3) is 0.548. The highest BCUT2D eigenvalue weighted by atomic mass is 16.6. The summed E-state index contributed by atoms with van der Waals surface area (Å²) in [6.45, 7) is 18.7. The number of hydrogen-bond donors (Lipinski definition) is 1. The van der Waals surface area contributed by atoms with Crippen molar-refractivity contribution in [2.75, 3.05) is 33.0 Å². The predicted octanol–water partition coefficient (Wildman–Crippen LogP) is 7.34. The molecular formula is C42H59NO11. The second kappa shape index (κ2) is 22.4. The summed E-state index contributed by atoms with van der Waals surface area (Å²) in [6, 6.07) is 15.2. The van der Waals surface area contributed by atoms with Gasteiger partial charge in [-0.2, -0.15) is 0 Å². The maximum Gasteiger partial charge on any atom is 0.407 e. The molecule has 2 rings (SSSR count). The van der Waals surface area contributed by atoms with Crippen LogP contribution < -0.4 is 14.8 Å². The van der Waals surface area contributed by atoms with E-state index in [9.17, 15) is 24.0 Å². The number of nitrogens with one attached hydrogen (secondary N) is 1. The first-order valence-electron chi connectivity index (χ1n) is 18.5. The second-order valence-corrected chi connectivity index (χ2v) is 15.3. The molecule has 0 aliphatic heterocycles. The Morgan fingerprint density at radius 2 is 1.06 bits per heavy atom. The molecule has 2 unspecified atom stereocenters. The van der Waals surface area contributed by atoms with Crippen LogP contribution in [0.5, 0.6) is 11.5 Å². The zero-order valence-electron chi connectivity index (χ0n) is 33.2. The fourth-order valence-corrected chi connectivity index (χ4v) is 4.83. The zero-order valence-corrected chi connectivity index (χ0v) is 33.2. The molecule has 1 N–H and O–H groups in total. The lowest BCUT2D eigenvalue weighted by molar-refractivity contribution is -0.163. The van der Waals surface area contributed by atoms with Gasteiger partial charge in [-0.15, -0.1) is 0 Å². The normalized spacial score (nSPS) is 12.4. The number of rotatable bonds is 22. The van der Waals surface area contributed by atoms with E-state index in [0.717, 1.165) is 37.3 Å². The molecule has 0 aromatic heterocycles. The van der Waals surface area contributed by atoms with Crippen LogP contribution in [0, 0.1) is 0 Å². The minimum atomic E-state index is -1.01. The smallest absolute Gasteiger partial charge is 0.407 e. The van der Waals surface area contributed by atoms with Crippen molar-refractivity contribution in [2.45, 2.75) is 117 Å². The Morgan fingerprint density at radius 3 is 1.52 bits per heavy atom. The maximum atomic E-state index is 12.6. The monoisotopic (exact) mass is 753 g/mol. The lowest BCUT2D eigenvalue weighted by atomic mass is 9.87. The van der Waals surface area contributed by atoms with Gasteiger partial charge >= 0.3 is 24.0 Å². The molecule has 0 aliphatic carbocycles. The topological polar surface area (TPSA) is 153 Å². The van der Waals surface area contributed by atoms with Crippen LogP contribution in [0.25, 0.3) is 0 Å². The lowest BCUT2D eigenvalue weighted by Gasteiger charge is -2.21. The summed E-state index contributed by atoms with van der Waals surface area (Å²) in [6.07, 6.45) is 1.39. The fourth-order valence-electron chi connectivity index (χ4n) is 4.83. The number of ketones is 1. The minimum absolute atomic E-state index is 0.00699. The van der Waals surface area contributed by atoms with E-state index in [2.05, 4.69) is 53.4 Å². The van der Waals surface area contributed by atoms with E-state index < -0.39 is 42.0 Å². The number of Topliss-reactive ketones (excluding diaryl/α,β-unsaturated/α-hetero) is 1. The van der Waals surface area contributed by atoms with E-state index in [0.29, 0.717) is 30.9 Å². The first kappa shape index (κ1) is 45.3. The summed E-state index contributed by atoms with van der Waals surface area (Å²) in [5.41, 5.74) is 2.49. The van der Waals surface area contributed by atoms with Gasteiger partial charge < -0.3 is 33.7 Å². The number of carbonyl (C=O) groups is 5. The third-order valence-corrected chi connectivity index (χ3v) is 8.15. The first-order chi connectivity index (χ1) is 25.3. The number of alkyl carbamates (subject to hydrolysis) is 1. The first-order valence-corrected chi connectivity index (χ1v) is 18.5. The van der Waals surface area contributed by atoms with Crippen molar-refractivity contribution in [3.05, 3.63) is 71.8 Å². The molecule has 1 amide bonds. The molecule has 54 heavy (non-hydrogen) atoms. The highest BCUT2D eigenvalue weighted by Gasteiger charge is 2.21. The number of esters is 3. The summed E-state index contributed by atoms with van der Waals surface area (Å²) >= 11 is 0. The van der Waals surface area contributed by atoms with Crippen molar-refractivity contribution < 1.29 is 52.4 Å². The summed E-state index contributed by atoms with van der Waals surface area (Å²) < 4.78 is 32.9. The van der Waals surface area contributed by atoms with Crippen molar-refractivity contribution in [1.82, 2.24) is 5.32 Å². The molecule has 2 aromatic rings. The van der Waals surface area contributed by atoms with Gasteiger partial charge in [0, 0.05) is 25.5 Å². The Kier molecular flexibility index (Phi) is 18.8. The molecule has 0 fully saturated rings. The molecule has 0 saturated heterocycles. The third kappa shape index (κ3) is 18.3. The van der Waals surface area contributed by atoms with E-state index in [4.69, 9.17) is 28.4 Å². The van der Waals surface area contributed by atoms with Crippen LogP contribution in [-0.2, 0) is 49.0 Å². The number of benzene rings is 2. The zero-order chi connectivity index (χ0) is 40.3. The number of ether oxygens (including phenoxy) is 6. The summed E-state index contributed by atoms with van der Waals surface area (Å²) in [7, 11) is 0. The van der Waals surface area contributed by atoms with Crippen LogP contribution in [-0.4, -0.2) is 75.0 Å². The number of hydrogen-bond acceptors (Lipinski definition) is 11. The van der Waals surface area contributed by atoms with Crippen molar-refractivity contribution in [3.63, 3.8) is 0 Å². The molecule has 298 valence electrons. The highest BCUT2D eigenvalue weighted by molar-refractivity contribution is 6.32. The molecule has 2 aromatic carbocycles. The van der Waals surface area contributed by atoms with Crippen LogP contribution in [0.4, 0.5) is 4.79 Å². The molecule has 12 heteroatoms. The van der Waals surface area contributed by atoms with Gasteiger partial charge in [0.05, 0.1) is 0 Å². The molecule has 0 heterocycles. The molecule has 0 aliphatic rings. The highest BCUT2D eigenvalue weighted by Crippen LogP contribution is 2.25. The summed E-state index contributed by atoms with van der Waals surface area (Å²) in [5, 5.41) is 2.72. The van der Waals surface area contributed by atoms with E-state index >= 15 is 0 Å². The van der Waals surface area contributed by atoms with Gasteiger partial charge in [0.1, 0.15) is 37.9 Å². The van der Waals surface area contributed by atoms with Crippen LogP contribution in [0.2, 0.25) is 0 Å². The van der Waals surface area contributed by atoms with Crippen LogP contribution in [0.15, 0.2) is 60.7 Å². The molecule has 0 saturated carbocycles. The van der Waals surface area contributed by atoms with Gasteiger partial charge in [0.15, 0.2) is 12.2 Å².